The molecule has 0 aliphatic heterocycles. The van der Waals surface area contributed by atoms with Crippen molar-refractivity contribution < 1.29 is 23.9 Å². The molecule has 0 aliphatic carbocycles. The van der Waals surface area contributed by atoms with E-state index < -0.39 is 11.9 Å². The van der Waals surface area contributed by atoms with Crippen molar-refractivity contribution in [3.63, 3.8) is 0 Å². The van der Waals surface area contributed by atoms with Crippen LogP contribution in [0.4, 0.5) is 0 Å². The fourth-order valence-electron chi connectivity index (χ4n) is 2.75. The van der Waals surface area contributed by atoms with Gasteiger partial charge < -0.3 is 14.0 Å². The van der Waals surface area contributed by atoms with Crippen molar-refractivity contribution >= 4 is 39.2 Å². The Morgan fingerprint density at radius 2 is 1.76 bits per heavy atom. The van der Waals surface area contributed by atoms with Crippen LogP contribution in [0.1, 0.15) is 34.6 Å². The van der Waals surface area contributed by atoms with E-state index in [9.17, 15) is 14.4 Å². The summed E-state index contributed by atoms with van der Waals surface area (Å²) in [5, 5.41) is 0. The second-order valence-electron chi connectivity index (χ2n) is 6.16. The number of hydrogen-bond acceptors (Lipinski definition) is 6. The lowest BCUT2D eigenvalue weighted by atomic mass is 10.1. The Kier molecular flexibility index (Phi) is 6.23. The molecule has 0 aliphatic rings. The minimum absolute atomic E-state index is 0.0600. The van der Waals surface area contributed by atoms with Crippen LogP contribution < -0.4 is 9.54 Å². The molecule has 0 saturated heterocycles. The molecule has 0 atom stereocenters. The minimum Gasteiger partial charge on any atom is -0.497 e. The summed E-state index contributed by atoms with van der Waals surface area (Å²) in [6.45, 7) is 3.41. The maximum absolute atomic E-state index is 12.7. The van der Waals surface area contributed by atoms with Gasteiger partial charge in [-0.1, -0.05) is 23.5 Å². The Bertz CT molecular complexity index is 1140. The van der Waals surface area contributed by atoms with Crippen LogP contribution >= 0.6 is 11.3 Å². The van der Waals surface area contributed by atoms with Gasteiger partial charge in [0.2, 0.25) is 0 Å². The van der Waals surface area contributed by atoms with Gasteiger partial charge >= 0.3 is 5.97 Å². The Hall–Kier alpha value is -3.26. The maximum atomic E-state index is 12.7. The fraction of sp³-hybridized carbons (Fsp3) is 0.238. The molecule has 0 bridgehead atoms. The normalized spacial score (nSPS) is 11.5. The fourth-order valence-corrected chi connectivity index (χ4v) is 3.81. The lowest BCUT2D eigenvalue weighted by Gasteiger charge is -2.05. The number of carbonyl (C=O) groups is 3. The number of fused-ring (bicyclic) bond motifs is 1. The van der Waals surface area contributed by atoms with Crippen molar-refractivity contribution in [2.24, 2.45) is 4.99 Å². The van der Waals surface area contributed by atoms with Gasteiger partial charge in [0.15, 0.2) is 10.6 Å². The van der Waals surface area contributed by atoms with Gasteiger partial charge in [-0.3, -0.25) is 14.4 Å². The first kappa shape index (κ1) is 20.5. The number of Topliss-reactive ketones (excluding diaryl/α,β-unsaturated/α-hetero) is 1. The number of rotatable bonds is 6. The zero-order valence-electron chi connectivity index (χ0n) is 16.3. The summed E-state index contributed by atoms with van der Waals surface area (Å²) in [4.78, 5) is 40.7. The lowest BCUT2D eigenvalue weighted by Crippen LogP contribution is -2.23. The molecule has 3 aromatic rings. The topological polar surface area (TPSA) is 87.0 Å². The Morgan fingerprint density at radius 3 is 2.38 bits per heavy atom. The van der Waals surface area contributed by atoms with Gasteiger partial charge in [0, 0.05) is 11.1 Å². The summed E-state index contributed by atoms with van der Waals surface area (Å²) in [6.07, 6.45) is 0. The second kappa shape index (κ2) is 8.83. The van der Waals surface area contributed by atoms with Crippen LogP contribution in [0.25, 0.3) is 10.2 Å². The average Bonchev–Trinajstić information content (AvgIpc) is 3.04. The van der Waals surface area contributed by atoms with E-state index in [1.807, 2.05) is 12.1 Å². The largest absolute Gasteiger partial charge is 0.497 e. The number of hydrogen-bond donors (Lipinski definition) is 0. The Labute approximate surface area is 171 Å². The first-order chi connectivity index (χ1) is 13.9. The van der Waals surface area contributed by atoms with E-state index in [1.165, 1.54) is 18.3 Å². The van der Waals surface area contributed by atoms with Gasteiger partial charge in [0.25, 0.3) is 5.91 Å². The van der Waals surface area contributed by atoms with Crippen molar-refractivity contribution in [3.8, 4) is 5.75 Å². The summed E-state index contributed by atoms with van der Waals surface area (Å²) in [5.74, 6) is -0.287. The third-order valence-electron chi connectivity index (χ3n) is 4.22. The number of esters is 1. The monoisotopic (exact) mass is 412 g/mol. The number of methoxy groups -OCH3 is 1. The predicted molar refractivity (Wildman–Crippen MR) is 109 cm³/mol. The molecule has 7 nitrogen and oxygen atoms in total. The summed E-state index contributed by atoms with van der Waals surface area (Å²) in [7, 11) is 1.57. The van der Waals surface area contributed by atoms with Crippen molar-refractivity contribution in [1.82, 2.24) is 4.57 Å². The molecule has 3 rings (SSSR count). The van der Waals surface area contributed by atoms with E-state index in [0.717, 1.165) is 10.2 Å². The number of amides is 1. The molecule has 0 N–H and O–H groups in total. The van der Waals surface area contributed by atoms with Gasteiger partial charge in [-0.2, -0.15) is 4.99 Å². The van der Waals surface area contributed by atoms with Crippen LogP contribution in [-0.4, -0.2) is 35.9 Å². The predicted octanol–water partition coefficient (Wildman–Crippen LogP) is 3.22. The molecule has 0 fully saturated rings. The van der Waals surface area contributed by atoms with E-state index in [-0.39, 0.29) is 18.9 Å². The molecule has 0 spiro atoms. The van der Waals surface area contributed by atoms with Crippen LogP contribution in [-0.2, 0) is 16.1 Å². The molecule has 0 radical (unpaired) electrons. The number of benzene rings is 2. The average molecular weight is 412 g/mol. The number of carbonyl (C=O) groups excluding carboxylic acids is 3. The Morgan fingerprint density at radius 1 is 1.07 bits per heavy atom. The summed E-state index contributed by atoms with van der Waals surface area (Å²) in [5.41, 5.74) is 1.63. The molecule has 8 heteroatoms. The SMILES string of the molecule is CCOC(=O)Cn1c(=NC(=O)c2ccc(C(C)=O)cc2)sc2cc(OC)ccc21. The van der Waals surface area contributed by atoms with E-state index in [1.54, 1.807) is 48.9 Å². The number of ketones is 1. The van der Waals surface area contributed by atoms with E-state index >= 15 is 0 Å². The molecule has 1 amide bonds. The molecule has 0 unspecified atom stereocenters. The van der Waals surface area contributed by atoms with Crippen molar-refractivity contribution in [2.75, 3.05) is 13.7 Å². The van der Waals surface area contributed by atoms with Gasteiger partial charge in [-0.15, -0.1) is 0 Å². The van der Waals surface area contributed by atoms with Crippen LogP contribution in [0.2, 0.25) is 0 Å². The van der Waals surface area contributed by atoms with Gasteiger partial charge in [-0.25, -0.2) is 0 Å². The highest BCUT2D eigenvalue weighted by Gasteiger charge is 2.14. The lowest BCUT2D eigenvalue weighted by molar-refractivity contribution is -0.143. The first-order valence-corrected chi connectivity index (χ1v) is 9.77. The van der Waals surface area contributed by atoms with Crippen LogP contribution in [0.15, 0.2) is 47.5 Å². The van der Waals surface area contributed by atoms with Gasteiger partial charge in [0.05, 0.1) is 23.9 Å². The molecule has 0 saturated carbocycles. The number of aromatic nitrogens is 1. The zero-order valence-corrected chi connectivity index (χ0v) is 17.1. The summed E-state index contributed by atoms with van der Waals surface area (Å²) in [6, 6.07) is 11.7. The van der Waals surface area contributed by atoms with Crippen molar-refractivity contribution in [1.29, 1.82) is 0 Å². The van der Waals surface area contributed by atoms with E-state index in [0.29, 0.717) is 21.7 Å². The minimum atomic E-state index is -0.462. The third kappa shape index (κ3) is 4.60. The number of nitrogens with zero attached hydrogens (tertiary/aromatic N) is 2. The molecule has 1 heterocycles. The van der Waals surface area contributed by atoms with Crippen LogP contribution in [0.5, 0.6) is 5.75 Å². The van der Waals surface area contributed by atoms with Gasteiger partial charge in [-0.05, 0) is 44.2 Å². The van der Waals surface area contributed by atoms with E-state index in [4.69, 9.17) is 9.47 Å². The van der Waals surface area contributed by atoms with Crippen molar-refractivity contribution in [2.45, 2.75) is 20.4 Å². The standard InChI is InChI=1S/C21H20N2O5S/c1-4-28-19(25)12-23-17-10-9-16(27-3)11-18(17)29-21(23)22-20(26)15-7-5-14(6-8-15)13(2)24/h5-11H,4,12H2,1-3H3. The molecule has 29 heavy (non-hydrogen) atoms. The van der Waals surface area contributed by atoms with Gasteiger partial charge in [0.1, 0.15) is 12.3 Å². The molecule has 2 aromatic carbocycles. The second-order valence-corrected chi connectivity index (χ2v) is 7.17. The first-order valence-electron chi connectivity index (χ1n) is 8.96. The highest BCUT2D eigenvalue weighted by atomic mass is 32.1. The maximum Gasteiger partial charge on any atom is 0.326 e. The number of ether oxygens (including phenoxy) is 2. The van der Waals surface area contributed by atoms with Crippen LogP contribution in [0, 0.1) is 0 Å². The molecular weight excluding hydrogens is 392 g/mol. The molecule has 1 aromatic heterocycles. The smallest absolute Gasteiger partial charge is 0.326 e. The van der Waals surface area contributed by atoms with E-state index in [2.05, 4.69) is 4.99 Å². The summed E-state index contributed by atoms with van der Waals surface area (Å²) >= 11 is 1.28. The molecule has 150 valence electrons. The molecular formula is C21H20N2O5S. The summed E-state index contributed by atoms with van der Waals surface area (Å²) < 4.78 is 12.8. The van der Waals surface area contributed by atoms with Crippen LogP contribution in [0.3, 0.4) is 0 Å². The third-order valence-corrected chi connectivity index (χ3v) is 5.26. The quantitative estimate of drug-likeness (QED) is 0.458. The Balaban J connectivity index is 2.06. The van der Waals surface area contributed by atoms with Crippen molar-refractivity contribution in [3.05, 3.63) is 58.4 Å². The highest BCUT2D eigenvalue weighted by Crippen LogP contribution is 2.23. The zero-order chi connectivity index (χ0) is 21.0. The highest BCUT2D eigenvalue weighted by molar-refractivity contribution is 7.16. The number of thiazole rings is 1.